The van der Waals surface area contributed by atoms with Gasteiger partial charge >= 0.3 is 17.9 Å². The molecule has 81 heavy (non-hydrogen) atoms. The SMILES string of the molecule is CCCCC/C=C\C/C=C\CCCCCCCCCC(=O)OC(COC(=O)CCCCCCCCCCCCC)COC(=O)CCCCCCCCCCCCCCCCCCCCCCCCC/C=C\C/C=C\CCCCCCC. The van der Waals surface area contributed by atoms with Crippen LogP contribution < -0.4 is 0 Å². The molecule has 1 unspecified atom stereocenters. The van der Waals surface area contributed by atoms with Crippen molar-refractivity contribution in [3.05, 3.63) is 48.6 Å². The van der Waals surface area contributed by atoms with Crippen molar-refractivity contribution in [2.45, 2.75) is 399 Å². The molecular formula is C75H138O6. The Kier molecular flexibility index (Phi) is 67.6. The average Bonchev–Trinajstić information content (AvgIpc) is 3.47. The third-order valence-electron chi connectivity index (χ3n) is 16.3. The van der Waals surface area contributed by atoms with Gasteiger partial charge in [0.1, 0.15) is 13.2 Å². The van der Waals surface area contributed by atoms with Gasteiger partial charge in [-0.25, -0.2) is 0 Å². The summed E-state index contributed by atoms with van der Waals surface area (Å²) in [4.78, 5) is 38.3. The Morgan fingerprint density at radius 3 is 0.704 bits per heavy atom. The van der Waals surface area contributed by atoms with Crippen LogP contribution >= 0.6 is 0 Å². The molecule has 6 heteroatoms. The lowest BCUT2D eigenvalue weighted by atomic mass is 10.0. The normalized spacial score (nSPS) is 12.3. The van der Waals surface area contributed by atoms with Gasteiger partial charge in [-0.1, -0.05) is 339 Å². The minimum absolute atomic E-state index is 0.0706. The summed E-state index contributed by atoms with van der Waals surface area (Å²) in [5.41, 5.74) is 0. The Morgan fingerprint density at radius 2 is 0.444 bits per heavy atom. The van der Waals surface area contributed by atoms with Crippen LogP contribution in [-0.2, 0) is 28.6 Å². The largest absolute Gasteiger partial charge is 0.462 e. The number of carbonyl (C=O) groups excluding carboxylic acids is 3. The number of carbonyl (C=O) groups is 3. The fourth-order valence-electron chi connectivity index (χ4n) is 10.9. The molecule has 0 radical (unpaired) electrons. The predicted octanol–water partition coefficient (Wildman–Crippen LogP) is 24.9. The topological polar surface area (TPSA) is 78.9 Å². The predicted molar refractivity (Wildman–Crippen MR) is 353 cm³/mol. The maximum absolute atomic E-state index is 12.9. The van der Waals surface area contributed by atoms with Crippen molar-refractivity contribution in [2.75, 3.05) is 13.2 Å². The van der Waals surface area contributed by atoms with E-state index in [-0.39, 0.29) is 31.1 Å². The molecule has 0 rings (SSSR count). The first-order chi connectivity index (χ1) is 40.0. The number of hydrogen-bond acceptors (Lipinski definition) is 6. The zero-order valence-electron chi connectivity index (χ0n) is 54.6. The van der Waals surface area contributed by atoms with Crippen molar-refractivity contribution in [3.8, 4) is 0 Å². The van der Waals surface area contributed by atoms with Gasteiger partial charge in [0.25, 0.3) is 0 Å². The zero-order chi connectivity index (χ0) is 58.5. The van der Waals surface area contributed by atoms with Crippen molar-refractivity contribution < 1.29 is 28.6 Å². The van der Waals surface area contributed by atoms with Crippen LogP contribution in [0.5, 0.6) is 0 Å². The molecule has 0 saturated heterocycles. The summed E-state index contributed by atoms with van der Waals surface area (Å²) in [7, 11) is 0. The molecule has 6 nitrogen and oxygen atoms in total. The van der Waals surface area contributed by atoms with Gasteiger partial charge in [0, 0.05) is 19.3 Å². The molecule has 0 heterocycles. The molecule has 0 amide bonds. The van der Waals surface area contributed by atoms with E-state index in [0.29, 0.717) is 19.3 Å². The van der Waals surface area contributed by atoms with Gasteiger partial charge in [0.15, 0.2) is 6.10 Å². The van der Waals surface area contributed by atoms with E-state index in [1.54, 1.807) is 0 Å². The standard InChI is InChI=1S/C75H138O6/c1-4-7-10-13-16-19-22-24-26-28-29-30-31-32-33-34-35-36-37-38-39-40-41-42-43-44-45-47-48-50-53-56-59-62-65-68-74(77)80-71-72(70-79-73(76)67-64-61-58-55-52-21-18-15-12-9-6-3)81-75(78)69-66-63-60-57-54-51-49-46-27-25-23-20-17-14-11-8-5-2/h17,20,22,24-25,27-29,72H,4-16,18-19,21,23,26,30-71H2,1-3H3/b20-17-,24-22-,27-25-,29-28-. The lowest BCUT2D eigenvalue weighted by molar-refractivity contribution is -0.167. The first-order valence-corrected chi connectivity index (χ1v) is 36.1. The summed E-state index contributed by atoms with van der Waals surface area (Å²) in [5, 5.41) is 0. The van der Waals surface area contributed by atoms with E-state index in [1.807, 2.05) is 0 Å². The second-order valence-electron chi connectivity index (χ2n) is 24.5. The summed E-state index contributed by atoms with van der Waals surface area (Å²) in [5.74, 6) is -0.854. The second-order valence-corrected chi connectivity index (χ2v) is 24.5. The number of hydrogen-bond donors (Lipinski definition) is 0. The van der Waals surface area contributed by atoms with Crippen LogP contribution in [0.3, 0.4) is 0 Å². The highest BCUT2D eigenvalue weighted by Gasteiger charge is 2.19. The molecule has 0 fully saturated rings. The molecule has 0 bridgehead atoms. The van der Waals surface area contributed by atoms with Crippen LogP contribution in [-0.4, -0.2) is 37.2 Å². The monoisotopic (exact) mass is 1140 g/mol. The first kappa shape index (κ1) is 78.4. The zero-order valence-corrected chi connectivity index (χ0v) is 54.6. The van der Waals surface area contributed by atoms with E-state index >= 15 is 0 Å². The van der Waals surface area contributed by atoms with Crippen LogP contribution in [0.15, 0.2) is 48.6 Å². The number of esters is 3. The third kappa shape index (κ3) is 68.0. The molecule has 0 aromatic rings. The highest BCUT2D eigenvalue weighted by atomic mass is 16.6. The summed E-state index contributed by atoms with van der Waals surface area (Å²) in [6, 6.07) is 0. The van der Waals surface area contributed by atoms with Crippen molar-refractivity contribution >= 4 is 17.9 Å². The number of ether oxygens (including phenoxy) is 3. The quantitative estimate of drug-likeness (QED) is 0.0261. The maximum Gasteiger partial charge on any atom is 0.306 e. The molecule has 0 aliphatic carbocycles. The lowest BCUT2D eigenvalue weighted by Gasteiger charge is -2.18. The Balaban J connectivity index is 4.04. The highest BCUT2D eigenvalue weighted by Crippen LogP contribution is 2.18. The summed E-state index contributed by atoms with van der Waals surface area (Å²) >= 11 is 0. The van der Waals surface area contributed by atoms with Gasteiger partial charge in [0.05, 0.1) is 0 Å². The van der Waals surface area contributed by atoms with Crippen LogP contribution in [0.2, 0.25) is 0 Å². The Morgan fingerprint density at radius 1 is 0.247 bits per heavy atom. The molecule has 0 aliphatic heterocycles. The molecule has 0 aliphatic rings. The van der Waals surface area contributed by atoms with E-state index in [1.165, 1.54) is 276 Å². The van der Waals surface area contributed by atoms with Crippen molar-refractivity contribution in [2.24, 2.45) is 0 Å². The van der Waals surface area contributed by atoms with Gasteiger partial charge in [-0.2, -0.15) is 0 Å². The van der Waals surface area contributed by atoms with E-state index in [4.69, 9.17) is 14.2 Å². The Bertz CT molecular complexity index is 1400. The summed E-state index contributed by atoms with van der Waals surface area (Å²) in [6.45, 7) is 6.65. The van der Waals surface area contributed by atoms with Crippen molar-refractivity contribution in [1.82, 2.24) is 0 Å². The molecule has 0 N–H and O–H groups in total. The molecule has 0 spiro atoms. The Hall–Kier alpha value is -2.63. The van der Waals surface area contributed by atoms with Gasteiger partial charge in [-0.3, -0.25) is 14.4 Å². The van der Waals surface area contributed by atoms with E-state index in [9.17, 15) is 14.4 Å². The van der Waals surface area contributed by atoms with Crippen molar-refractivity contribution in [1.29, 1.82) is 0 Å². The molecule has 0 aromatic heterocycles. The second kappa shape index (κ2) is 69.9. The lowest BCUT2D eigenvalue weighted by Crippen LogP contribution is -2.30. The number of allylic oxidation sites excluding steroid dienone is 8. The fraction of sp³-hybridized carbons (Fsp3) is 0.853. The molecule has 1 atom stereocenters. The Labute approximate surface area is 505 Å². The fourth-order valence-corrected chi connectivity index (χ4v) is 10.9. The first-order valence-electron chi connectivity index (χ1n) is 36.1. The van der Waals surface area contributed by atoms with Gasteiger partial charge in [0.2, 0.25) is 0 Å². The maximum atomic E-state index is 12.9. The van der Waals surface area contributed by atoms with Gasteiger partial charge < -0.3 is 14.2 Å². The minimum Gasteiger partial charge on any atom is -0.462 e. The van der Waals surface area contributed by atoms with E-state index < -0.39 is 6.10 Å². The molecule has 0 saturated carbocycles. The smallest absolute Gasteiger partial charge is 0.306 e. The van der Waals surface area contributed by atoms with Gasteiger partial charge in [-0.15, -0.1) is 0 Å². The molecule has 0 aromatic carbocycles. The number of rotatable bonds is 67. The molecule has 474 valence electrons. The van der Waals surface area contributed by atoms with Gasteiger partial charge in [-0.05, 0) is 83.5 Å². The van der Waals surface area contributed by atoms with E-state index in [2.05, 4.69) is 69.4 Å². The minimum atomic E-state index is -0.774. The van der Waals surface area contributed by atoms with Crippen molar-refractivity contribution in [3.63, 3.8) is 0 Å². The summed E-state index contributed by atoms with van der Waals surface area (Å²) in [6.07, 6.45) is 88.8. The summed E-state index contributed by atoms with van der Waals surface area (Å²) < 4.78 is 16.9. The van der Waals surface area contributed by atoms with Crippen LogP contribution in [0.4, 0.5) is 0 Å². The third-order valence-corrected chi connectivity index (χ3v) is 16.3. The van der Waals surface area contributed by atoms with E-state index in [0.717, 1.165) is 77.0 Å². The molecular weight excluding hydrogens is 997 g/mol. The highest BCUT2D eigenvalue weighted by molar-refractivity contribution is 5.71. The average molecular weight is 1140 g/mol. The van der Waals surface area contributed by atoms with Crippen LogP contribution in [0, 0.1) is 0 Å². The van der Waals surface area contributed by atoms with Crippen LogP contribution in [0.1, 0.15) is 393 Å². The van der Waals surface area contributed by atoms with Crippen LogP contribution in [0.25, 0.3) is 0 Å². The number of unbranched alkanes of at least 4 members (excludes halogenated alkanes) is 48.